The Morgan fingerprint density at radius 2 is 2.25 bits per heavy atom. The van der Waals surface area contributed by atoms with E-state index < -0.39 is 0 Å². The molecule has 2 N–H and O–H groups in total. The molecule has 0 rings (SSSR count). The van der Waals surface area contributed by atoms with E-state index in [-0.39, 0.29) is 0 Å². The minimum absolute atomic E-state index is 0.590. The van der Waals surface area contributed by atoms with Crippen LogP contribution in [0.25, 0.3) is 0 Å². The summed E-state index contributed by atoms with van der Waals surface area (Å²) in [5, 5.41) is 7.12. The molecular formula is C3H8N4S. The number of hydrogen-bond donors (Lipinski definition) is 1. The number of rotatable bonds is 0. The minimum atomic E-state index is 0.590. The lowest BCUT2D eigenvalue weighted by Crippen LogP contribution is -1.85. The van der Waals surface area contributed by atoms with Crippen LogP contribution in [-0.4, -0.2) is 18.5 Å². The Balaban J connectivity index is 3.72. The first kappa shape index (κ1) is 7.42. The van der Waals surface area contributed by atoms with Gasteiger partial charge in [0.05, 0.1) is 0 Å². The minimum Gasteiger partial charge on any atom is -0.304 e. The van der Waals surface area contributed by atoms with Crippen LogP contribution in [0.2, 0.25) is 0 Å². The van der Waals surface area contributed by atoms with Crippen molar-refractivity contribution in [1.82, 2.24) is 0 Å². The molecule has 8 heavy (non-hydrogen) atoms. The summed E-state index contributed by atoms with van der Waals surface area (Å²) in [7, 11) is 1.64. The van der Waals surface area contributed by atoms with E-state index in [1.54, 1.807) is 7.05 Å². The molecule has 0 fully saturated rings. The van der Waals surface area contributed by atoms with Crippen LogP contribution in [0.1, 0.15) is 0 Å². The average Bonchev–Trinajstić information content (AvgIpc) is 1.83. The highest BCUT2D eigenvalue weighted by molar-refractivity contribution is 8.13. The summed E-state index contributed by atoms with van der Waals surface area (Å²) in [5.41, 5.74) is 0. The van der Waals surface area contributed by atoms with Gasteiger partial charge in [-0.15, -0.1) is 5.11 Å². The highest BCUT2D eigenvalue weighted by Crippen LogP contribution is 1.97. The molecule has 0 radical (unpaired) electrons. The molecule has 0 atom stereocenters. The molecule has 0 aliphatic carbocycles. The van der Waals surface area contributed by atoms with E-state index in [1.165, 1.54) is 11.8 Å². The second kappa shape index (κ2) is 4.58. The van der Waals surface area contributed by atoms with Crippen molar-refractivity contribution >= 4 is 16.9 Å². The van der Waals surface area contributed by atoms with Gasteiger partial charge in [-0.05, 0) is 6.26 Å². The zero-order valence-corrected chi connectivity index (χ0v) is 5.64. The van der Waals surface area contributed by atoms with E-state index >= 15 is 0 Å². The van der Waals surface area contributed by atoms with Gasteiger partial charge in [0.1, 0.15) is 0 Å². The summed E-state index contributed by atoms with van der Waals surface area (Å²) in [6, 6.07) is 0. The molecule has 0 saturated heterocycles. The molecule has 4 nitrogen and oxygen atoms in total. The number of nitrogens with two attached hydrogens (primary N) is 1. The van der Waals surface area contributed by atoms with Gasteiger partial charge in [0, 0.05) is 7.05 Å². The lowest BCUT2D eigenvalue weighted by molar-refractivity contribution is 1.09. The third-order valence-electron chi connectivity index (χ3n) is 0.517. The van der Waals surface area contributed by atoms with Crippen molar-refractivity contribution in [3.63, 3.8) is 0 Å². The lowest BCUT2D eigenvalue weighted by Gasteiger charge is -1.85. The first-order valence-corrected chi connectivity index (χ1v) is 3.19. The van der Waals surface area contributed by atoms with Gasteiger partial charge in [-0.25, -0.2) is 0 Å². The van der Waals surface area contributed by atoms with Gasteiger partial charge in [0.15, 0.2) is 0 Å². The van der Waals surface area contributed by atoms with Crippen LogP contribution in [-0.2, 0) is 0 Å². The zero-order valence-electron chi connectivity index (χ0n) is 4.83. The molecule has 5 heteroatoms. The number of thioether (sulfide) groups is 1. The third kappa shape index (κ3) is 2.57. The lowest BCUT2D eigenvalue weighted by atomic mass is 11.2. The highest BCUT2D eigenvalue weighted by atomic mass is 32.2. The summed E-state index contributed by atoms with van der Waals surface area (Å²) < 4.78 is 0. The number of hydrogen-bond acceptors (Lipinski definition) is 3. The number of nitrogens with zero attached hydrogens (tertiary/aromatic N) is 3. The van der Waals surface area contributed by atoms with Crippen molar-refractivity contribution < 1.29 is 0 Å². The molecule has 0 aromatic carbocycles. The van der Waals surface area contributed by atoms with Crippen molar-refractivity contribution in [1.29, 1.82) is 0 Å². The van der Waals surface area contributed by atoms with E-state index in [1.807, 2.05) is 6.26 Å². The van der Waals surface area contributed by atoms with E-state index in [0.29, 0.717) is 5.17 Å². The van der Waals surface area contributed by atoms with Gasteiger partial charge in [0.2, 0.25) is 5.17 Å². The Hall–Kier alpha value is -0.580. The second-order valence-corrected chi connectivity index (χ2v) is 1.70. The maximum Gasteiger partial charge on any atom is 0.205 e. The Morgan fingerprint density at radius 3 is 2.38 bits per heavy atom. The first-order valence-electron chi connectivity index (χ1n) is 1.96. The fraction of sp³-hybridized carbons (Fsp3) is 0.667. The molecule has 0 aliphatic rings. The van der Waals surface area contributed by atoms with Crippen molar-refractivity contribution in [2.24, 2.45) is 21.2 Å². The number of amidine groups is 1. The largest absolute Gasteiger partial charge is 0.304 e. The van der Waals surface area contributed by atoms with Crippen LogP contribution in [0.3, 0.4) is 0 Å². The third-order valence-corrected chi connectivity index (χ3v) is 1.15. The van der Waals surface area contributed by atoms with Gasteiger partial charge in [-0.3, -0.25) is 4.99 Å². The molecule has 0 aromatic rings. The quantitative estimate of drug-likeness (QED) is 0.173. The zero-order chi connectivity index (χ0) is 6.41. The van der Waals surface area contributed by atoms with E-state index in [9.17, 15) is 0 Å². The van der Waals surface area contributed by atoms with Gasteiger partial charge in [0.25, 0.3) is 0 Å². The Bertz CT molecular complexity index is 105. The molecule has 0 heterocycles. The first-order chi connectivity index (χ1) is 3.85. The molecule has 46 valence electrons. The highest BCUT2D eigenvalue weighted by Gasteiger charge is 1.86. The van der Waals surface area contributed by atoms with Gasteiger partial charge < -0.3 is 5.84 Å². The predicted molar refractivity (Wildman–Crippen MR) is 35.9 cm³/mol. The molecule has 0 bridgehead atoms. The molecule has 0 aliphatic heterocycles. The standard InChI is InChI=1S/C3H8N4S/c1-5-3(8-2)6-7-4/h1-2H3,(H2,4,5,6). The molecule has 0 amide bonds. The van der Waals surface area contributed by atoms with Gasteiger partial charge in [-0.2, -0.15) is 0 Å². The van der Waals surface area contributed by atoms with Crippen molar-refractivity contribution in [2.75, 3.05) is 13.3 Å². The molecule has 0 aromatic heterocycles. The van der Waals surface area contributed by atoms with E-state index in [4.69, 9.17) is 5.84 Å². The van der Waals surface area contributed by atoms with Gasteiger partial charge in [-0.1, -0.05) is 17.0 Å². The maximum atomic E-state index is 4.74. The molecule has 0 saturated carbocycles. The summed E-state index contributed by atoms with van der Waals surface area (Å²) in [6.45, 7) is 0. The van der Waals surface area contributed by atoms with Crippen LogP contribution in [0, 0.1) is 0 Å². The average molecular weight is 132 g/mol. The second-order valence-electron chi connectivity index (χ2n) is 0.926. The van der Waals surface area contributed by atoms with Crippen LogP contribution < -0.4 is 5.84 Å². The summed E-state index contributed by atoms with van der Waals surface area (Å²) in [5.74, 6) is 4.74. The molecule has 0 unspecified atom stereocenters. The summed E-state index contributed by atoms with van der Waals surface area (Å²) >= 11 is 1.40. The monoisotopic (exact) mass is 132 g/mol. The molecule has 0 spiro atoms. The fourth-order valence-corrected chi connectivity index (χ4v) is 0.538. The predicted octanol–water partition coefficient (Wildman–Crippen LogP) is 0.661. The van der Waals surface area contributed by atoms with Crippen LogP contribution in [0.4, 0.5) is 0 Å². The van der Waals surface area contributed by atoms with Crippen molar-refractivity contribution in [3.8, 4) is 0 Å². The topological polar surface area (TPSA) is 63.1 Å². The van der Waals surface area contributed by atoms with E-state index in [2.05, 4.69) is 15.3 Å². The summed E-state index contributed by atoms with van der Waals surface area (Å²) in [4.78, 5) is 3.74. The Labute approximate surface area is 52.2 Å². The van der Waals surface area contributed by atoms with Crippen molar-refractivity contribution in [3.05, 3.63) is 0 Å². The van der Waals surface area contributed by atoms with Crippen LogP contribution in [0.15, 0.2) is 15.3 Å². The Morgan fingerprint density at radius 1 is 1.62 bits per heavy atom. The smallest absolute Gasteiger partial charge is 0.205 e. The maximum absolute atomic E-state index is 4.74. The van der Waals surface area contributed by atoms with Crippen LogP contribution >= 0.6 is 11.8 Å². The fourth-order valence-electron chi connectivity index (χ4n) is 0.226. The normalized spacial score (nSPS) is 13.0. The number of aliphatic imine (C=N–C) groups is 1. The summed E-state index contributed by atoms with van der Waals surface area (Å²) in [6.07, 6.45) is 1.86. The Kier molecular flexibility index (Phi) is 4.24. The van der Waals surface area contributed by atoms with Crippen molar-refractivity contribution in [2.45, 2.75) is 0 Å². The molecular weight excluding hydrogens is 124 g/mol. The van der Waals surface area contributed by atoms with Gasteiger partial charge >= 0.3 is 0 Å². The van der Waals surface area contributed by atoms with Crippen LogP contribution in [0.5, 0.6) is 0 Å². The SMILES string of the molecule is CN=C(N=NN)SC. The van der Waals surface area contributed by atoms with E-state index in [0.717, 1.165) is 0 Å².